The van der Waals surface area contributed by atoms with Gasteiger partial charge in [0.25, 0.3) is 5.91 Å². The lowest BCUT2D eigenvalue weighted by molar-refractivity contribution is 0.102. The molecule has 1 amide bonds. The molecule has 2 rings (SSSR count). The van der Waals surface area contributed by atoms with Crippen molar-refractivity contribution in [3.05, 3.63) is 53.3 Å². The highest BCUT2D eigenvalue weighted by Crippen LogP contribution is 2.22. The predicted octanol–water partition coefficient (Wildman–Crippen LogP) is 2.98. The van der Waals surface area contributed by atoms with E-state index in [2.05, 4.69) is 5.32 Å². The summed E-state index contributed by atoms with van der Waals surface area (Å²) in [4.78, 5) is 12.1. The van der Waals surface area contributed by atoms with E-state index >= 15 is 0 Å². The molecular weight excluding hydrogens is 259 g/mol. The number of benzene rings is 2. The number of amides is 1. The van der Waals surface area contributed by atoms with Crippen molar-refractivity contribution < 1.29 is 13.9 Å². The summed E-state index contributed by atoms with van der Waals surface area (Å²) >= 11 is 0. The molecule has 4 nitrogen and oxygen atoms in total. The van der Waals surface area contributed by atoms with Crippen molar-refractivity contribution in [1.29, 1.82) is 0 Å². The van der Waals surface area contributed by atoms with E-state index in [-0.39, 0.29) is 11.3 Å². The summed E-state index contributed by atoms with van der Waals surface area (Å²) < 4.78 is 18.3. The van der Waals surface area contributed by atoms with Gasteiger partial charge in [-0.25, -0.2) is 4.39 Å². The number of hydrogen-bond acceptors (Lipinski definition) is 3. The van der Waals surface area contributed by atoms with Crippen LogP contribution in [0.1, 0.15) is 15.9 Å². The van der Waals surface area contributed by atoms with E-state index in [4.69, 9.17) is 10.5 Å². The minimum absolute atomic E-state index is 0.178. The van der Waals surface area contributed by atoms with Crippen molar-refractivity contribution in [2.24, 2.45) is 0 Å². The molecule has 0 bridgehead atoms. The number of nitrogen functional groups attached to an aromatic ring is 1. The summed E-state index contributed by atoms with van der Waals surface area (Å²) in [5, 5.41) is 2.72. The van der Waals surface area contributed by atoms with Crippen LogP contribution in [0.15, 0.2) is 36.4 Å². The summed E-state index contributed by atoms with van der Waals surface area (Å²) in [6.07, 6.45) is 0. The molecule has 2 aromatic rings. The zero-order valence-corrected chi connectivity index (χ0v) is 11.2. The minimum Gasteiger partial charge on any atom is -0.497 e. The van der Waals surface area contributed by atoms with Crippen LogP contribution in [0.2, 0.25) is 0 Å². The van der Waals surface area contributed by atoms with E-state index in [1.165, 1.54) is 6.07 Å². The number of carbonyl (C=O) groups excluding carboxylic acids is 1. The van der Waals surface area contributed by atoms with Crippen LogP contribution >= 0.6 is 0 Å². The highest BCUT2D eigenvalue weighted by Gasteiger charge is 2.10. The van der Waals surface area contributed by atoms with Gasteiger partial charge in [0.2, 0.25) is 0 Å². The van der Waals surface area contributed by atoms with Crippen molar-refractivity contribution in [2.45, 2.75) is 6.92 Å². The van der Waals surface area contributed by atoms with Crippen molar-refractivity contribution in [3.63, 3.8) is 0 Å². The lowest BCUT2D eigenvalue weighted by Crippen LogP contribution is -2.13. The van der Waals surface area contributed by atoms with E-state index in [0.717, 1.165) is 17.7 Å². The maximum atomic E-state index is 13.2. The number of nitrogens with one attached hydrogen (secondary N) is 1. The number of methoxy groups -OCH3 is 1. The first-order valence-electron chi connectivity index (χ1n) is 6.01. The molecule has 0 atom stereocenters. The van der Waals surface area contributed by atoms with Gasteiger partial charge in [-0.15, -0.1) is 0 Å². The Hall–Kier alpha value is -2.56. The van der Waals surface area contributed by atoms with Crippen molar-refractivity contribution in [3.8, 4) is 5.75 Å². The molecule has 3 N–H and O–H groups in total. The highest BCUT2D eigenvalue weighted by atomic mass is 19.1. The monoisotopic (exact) mass is 274 g/mol. The van der Waals surface area contributed by atoms with E-state index in [0.29, 0.717) is 11.4 Å². The van der Waals surface area contributed by atoms with Gasteiger partial charge in [0.15, 0.2) is 0 Å². The fourth-order valence-corrected chi connectivity index (χ4v) is 1.84. The Kier molecular flexibility index (Phi) is 3.89. The SMILES string of the molecule is COc1ccc(NC(=O)c2cc(N)cc(F)c2)c(C)c1. The summed E-state index contributed by atoms with van der Waals surface area (Å²) in [7, 11) is 1.57. The second kappa shape index (κ2) is 5.61. The number of nitrogens with two attached hydrogens (primary N) is 1. The Morgan fingerprint density at radius 1 is 1.25 bits per heavy atom. The van der Waals surface area contributed by atoms with Crippen LogP contribution in [0.25, 0.3) is 0 Å². The summed E-state index contributed by atoms with van der Waals surface area (Å²) in [6.45, 7) is 1.85. The molecule has 0 unspecified atom stereocenters. The molecule has 0 aliphatic heterocycles. The Bertz CT molecular complexity index is 636. The summed E-state index contributed by atoms with van der Waals surface area (Å²) in [5.74, 6) is -0.249. The second-order valence-corrected chi connectivity index (χ2v) is 4.41. The molecule has 2 aromatic carbocycles. The molecule has 0 aliphatic carbocycles. The molecule has 0 saturated carbocycles. The molecule has 0 fully saturated rings. The predicted molar refractivity (Wildman–Crippen MR) is 76.5 cm³/mol. The molecule has 20 heavy (non-hydrogen) atoms. The maximum absolute atomic E-state index is 13.2. The fraction of sp³-hybridized carbons (Fsp3) is 0.133. The zero-order chi connectivity index (χ0) is 14.7. The zero-order valence-electron chi connectivity index (χ0n) is 11.2. The molecular formula is C15H15FN2O2. The first-order chi connectivity index (χ1) is 9.49. The van der Waals surface area contributed by atoms with Crippen LogP contribution in [0.3, 0.4) is 0 Å². The molecule has 0 aromatic heterocycles. The number of anilines is 2. The summed E-state index contributed by atoms with van der Waals surface area (Å²) in [5.41, 5.74) is 7.40. The van der Waals surface area contributed by atoms with Gasteiger partial charge in [-0.1, -0.05) is 0 Å². The van der Waals surface area contributed by atoms with Crippen molar-refractivity contribution in [1.82, 2.24) is 0 Å². The van der Waals surface area contributed by atoms with E-state index < -0.39 is 11.7 Å². The third-order valence-electron chi connectivity index (χ3n) is 2.86. The van der Waals surface area contributed by atoms with Crippen LogP contribution in [0, 0.1) is 12.7 Å². The van der Waals surface area contributed by atoms with Gasteiger partial charge in [-0.2, -0.15) is 0 Å². The molecule has 0 spiro atoms. The number of halogens is 1. The Morgan fingerprint density at radius 3 is 2.60 bits per heavy atom. The van der Waals surface area contributed by atoms with Crippen molar-refractivity contribution >= 4 is 17.3 Å². The summed E-state index contributed by atoms with van der Waals surface area (Å²) in [6, 6.07) is 9.00. The number of aryl methyl sites for hydroxylation is 1. The van der Waals surface area contributed by atoms with Crippen LogP contribution in [0.4, 0.5) is 15.8 Å². The smallest absolute Gasteiger partial charge is 0.255 e. The average Bonchev–Trinajstić information content (AvgIpc) is 2.39. The van der Waals surface area contributed by atoms with Gasteiger partial charge >= 0.3 is 0 Å². The van der Waals surface area contributed by atoms with Crippen LogP contribution in [-0.2, 0) is 0 Å². The molecule has 0 heterocycles. The first-order valence-corrected chi connectivity index (χ1v) is 6.01. The molecule has 104 valence electrons. The largest absolute Gasteiger partial charge is 0.497 e. The van der Waals surface area contributed by atoms with E-state index in [1.54, 1.807) is 25.3 Å². The molecule has 0 radical (unpaired) electrons. The Balaban J connectivity index is 2.23. The van der Waals surface area contributed by atoms with E-state index in [1.807, 2.05) is 6.92 Å². The maximum Gasteiger partial charge on any atom is 0.255 e. The lowest BCUT2D eigenvalue weighted by Gasteiger charge is -2.10. The Labute approximate surface area is 116 Å². The van der Waals surface area contributed by atoms with Crippen LogP contribution < -0.4 is 15.8 Å². The third kappa shape index (κ3) is 3.06. The Morgan fingerprint density at radius 2 is 2.00 bits per heavy atom. The number of hydrogen-bond donors (Lipinski definition) is 2. The number of ether oxygens (including phenoxy) is 1. The fourth-order valence-electron chi connectivity index (χ4n) is 1.84. The highest BCUT2D eigenvalue weighted by molar-refractivity contribution is 6.05. The van der Waals surface area contributed by atoms with Gasteiger partial charge in [0.1, 0.15) is 11.6 Å². The van der Waals surface area contributed by atoms with Crippen molar-refractivity contribution in [2.75, 3.05) is 18.2 Å². The topological polar surface area (TPSA) is 64.3 Å². The lowest BCUT2D eigenvalue weighted by atomic mass is 10.1. The number of rotatable bonds is 3. The second-order valence-electron chi connectivity index (χ2n) is 4.41. The molecule has 0 aliphatic rings. The standard InChI is InChI=1S/C15H15FN2O2/c1-9-5-13(20-2)3-4-14(9)18-15(19)10-6-11(16)8-12(17)7-10/h3-8H,17H2,1-2H3,(H,18,19). The average molecular weight is 274 g/mol. The number of carbonyl (C=O) groups is 1. The van der Waals surface area contributed by atoms with E-state index in [9.17, 15) is 9.18 Å². The van der Waals surface area contributed by atoms with Gasteiger partial charge in [0.05, 0.1) is 7.11 Å². The molecule has 0 saturated heterocycles. The normalized spacial score (nSPS) is 10.2. The van der Waals surface area contributed by atoms with Crippen LogP contribution in [0.5, 0.6) is 5.75 Å². The van der Waals surface area contributed by atoms with Gasteiger partial charge in [-0.3, -0.25) is 4.79 Å². The quantitative estimate of drug-likeness (QED) is 0.846. The first kappa shape index (κ1) is 13.9. The van der Waals surface area contributed by atoms with Gasteiger partial charge in [0, 0.05) is 16.9 Å². The molecule has 5 heteroatoms. The minimum atomic E-state index is -0.540. The third-order valence-corrected chi connectivity index (χ3v) is 2.86. The van der Waals surface area contributed by atoms with Gasteiger partial charge in [-0.05, 0) is 48.9 Å². The van der Waals surface area contributed by atoms with Gasteiger partial charge < -0.3 is 15.8 Å². The van der Waals surface area contributed by atoms with Crippen LogP contribution in [-0.4, -0.2) is 13.0 Å².